The third kappa shape index (κ3) is 5.90. The Morgan fingerprint density at radius 1 is 1.03 bits per heavy atom. The maximum absolute atomic E-state index is 12.9. The van der Waals surface area contributed by atoms with Crippen LogP contribution in [0.25, 0.3) is 0 Å². The smallest absolute Gasteiger partial charge is 0.253 e. The summed E-state index contributed by atoms with van der Waals surface area (Å²) < 4.78 is 10.6. The van der Waals surface area contributed by atoms with E-state index in [2.05, 4.69) is 15.5 Å². The van der Waals surface area contributed by atoms with Crippen LogP contribution < -0.4 is 25.0 Å². The lowest BCUT2D eigenvalue weighted by Gasteiger charge is -2.34. The quantitative estimate of drug-likeness (QED) is 0.680. The predicted octanol–water partition coefficient (Wildman–Crippen LogP) is 2.78. The van der Waals surface area contributed by atoms with Gasteiger partial charge in [-0.2, -0.15) is 0 Å². The van der Waals surface area contributed by atoms with E-state index in [1.165, 1.54) is 0 Å². The molecular formula is C24H31N3O4. The minimum absolute atomic E-state index is 0.00714. The zero-order chi connectivity index (χ0) is 22.2. The molecule has 7 heteroatoms. The third-order valence-corrected chi connectivity index (χ3v) is 5.54. The number of piperidine rings is 1. The highest BCUT2D eigenvalue weighted by molar-refractivity contribution is 5.99. The van der Waals surface area contributed by atoms with Gasteiger partial charge in [-0.25, -0.2) is 0 Å². The minimum Gasteiger partial charge on any atom is -0.493 e. The summed E-state index contributed by atoms with van der Waals surface area (Å²) >= 11 is 0. The number of hydrogen-bond acceptors (Lipinski definition) is 5. The summed E-state index contributed by atoms with van der Waals surface area (Å²) in [6.07, 6.45) is 2.43. The molecule has 166 valence electrons. The molecule has 1 fully saturated rings. The highest BCUT2D eigenvalue weighted by Crippen LogP contribution is 2.28. The first-order valence-corrected chi connectivity index (χ1v) is 10.6. The molecule has 0 bridgehead atoms. The number of carbonyl (C=O) groups excluding carboxylic acids is 2. The van der Waals surface area contributed by atoms with Crippen LogP contribution >= 0.6 is 0 Å². The summed E-state index contributed by atoms with van der Waals surface area (Å²) in [5.41, 5.74) is 2.67. The van der Waals surface area contributed by atoms with Crippen LogP contribution in [0, 0.1) is 0 Å². The van der Waals surface area contributed by atoms with E-state index in [9.17, 15) is 9.59 Å². The molecule has 0 radical (unpaired) electrons. The first-order valence-electron chi connectivity index (χ1n) is 10.6. The molecule has 0 unspecified atom stereocenters. The Bertz CT molecular complexity index is 907. The minimum atomic E-state index is -0.0833. The Hall–Kier alpha value is -3.22. The van der Waals surface area contributed by atoms with E-state index in [0.717, 1.165) is 37.2 Å². The molecule has 2 aromatic rings. The molecule has 31 heavy (non-hydrogen) atoms. The van der Waals surface area contributed by atoms with Crippen LogP contribution in [0.4, 0.5) is 5.69 Å². The Balaban J connectivity index is 1.58. The molecule has 0 saturated carbocycles. The van der Waals surface area contributed by atoms with Gasteiger partial charge in [0.15, 0.2) is 11.5 Å². The van der Waals surface area contributed by atoms with Crippen molar-refractivity contribution in [1.29, 1.82) is 0 Å². The number of carbonyl (C=O) groups is 2. The highest BCUT2D eigenvalue weighted by atomic mass is 16.5. The lowest BCUT2D eigenvalue weighted by Crippen LogP contribution is -2.44. The van der Waals surface area contributed by atoms with Gasteiger partial charge in [-0.1, -0.05) is 18.2 Å². The maximum atomic E-state index is 12.9. The van der Waals surface area contributed by atoms with E-state index in [4.69, 9.17) is 9.47 Å². The van der Waals surface area contributed by atoms with Crippen LogP contribution in [0.3, 0.4) is 0 Å². The molecule has 0 spiro atoms. The van der Waals surface area contributed by atoms with E-state index in [1.807, 2.05) is 42.5 Å². The summed E-state index contributed by atoms with van der Waals surface area (Å²) in [5, 5.41) is 6.02. The molecule has 0 atom stereocenters. The molecule has 3 rings (SSSR count). The van der Waals surface area contributed by atoms with Gasteiger partial charge in [-0.3, -0.25) is 9.59 Å². The summed E-state index contributed by atoms with van der Waals surface area (Å²) in [6, 6.07) is 13.7. The van der Waals surface area contributed by atoms with E-state index in [-0.39, 0.29) is 17.9 Å². The molecule has 0 aromatic heterocycles. The number of para-hydroxylation sites is 1. The Kier molecular flexibility index (Phi) is 7.76. The normalized spacial score (nSPS) is 14.1. The number of amides is 2. The number of benzene rings is 2. The summed E-state index contributed by atoms with van der Waals surface area (Å²) in [7, 11) is 3.22. The van der Waals surface area contributed by atoms with Crippen molar-refractivity contribution in [2.75, 3.05) is 38.8 Å². The summed E-state index contributed by atoms with van der Waals surface area (Å²) in [5.74, 6) is 1.29. The number of nitrogens with zero attached hydrogens (tertiary/aromatic N) is 1. The van der Waals surface area contributed by atoms with Crippen molar-refractivity contribution in [1.82, 2.24) is 10.6 Å². The predicted molar refractivity (Wildman–Crippen MR) is 121 cm³/mol. The standard InChI is InChI=1S/C24H31N3O4/c1-17(28)26-19-11-14-27(15-12-19)21-7-5-4-6-20(21)24(29)25-13-10-18-8-9-22(30-2)23(16-18)31-3/h4-9,16,19H,10-15H2,1-3H3,(H,25,29)(H,26,28). The van der Waals surface area contributed by atoms with Gasteiger partial charge >= 0.3 is 0 Å². The first kappa shape index (κ1) is 22.5. The van der Waals surface area contributed by atoms with Gasteiger partial charge in [0.1, 0.15) is 0 Å². The molecule has 1 aliphatic heterocycles. The fraction of sp³-hybridized carbons (Fsp3) is 0.417. The summed E-state index contributed by atoms with van der Waals surface area (Å²) in [6.45, 7) is 3.68. The number of ether oxygens (including phenoxy) is 2. The first-order chi connectivity index (χ1) is 15.0. The second-order valence-corrected chi connectivity index (χ2v) is 7.67. The molecule has 0 aliphatic carbocycles. The van der Waals surface area contributed by atoms with Crippen LogP contribution in [-0.4, -0.2) is 51.7 Å². The summed E-state index contributed by atoms with van der Waals surface area (Å²) in [4.78, 5) is 26.4. The van der Waals surface area contributed by atoms with Crippen LogP contribution in [0.15, 0.2) is 42.5 Å². The number of hydrogen-bond donors (Lipinski definition) is 2. The second kappa shape index (κ2) is 10.7. The van der Waals surface area contributed by atoms with Crippen LogP contribution in [0.1, 0.15) is 35.7 Å². The van der Waals surface area contributed by atoms with Gasteiger partial charge in [0, 0.05) is 38.3 Å². The molecule has 1 saturated heterocycles. The van der Waals surface area contributed by atoms with Gasteiger partial charge in [-0.15, -0.1) is 0 Å². The van der Waals surface area contributed by atoms with Crippen molar-refractivity contribution in [3.8, 4) is 11.5 Å². The second-order valence-electron chi connectivity index (χ2n) is 7.67. The lowest BCUT2D eigenvalue weighted by molar-refractivity contribution is -0.119. The zero-order valence-electron chi connectivity index (χ0n) is 18.4. The zero-order valence-corrected chi connectivity index (χ0v) is 18.4. The molecular weight excluding hydrogens is 394 g/mol. The van der Waals surface area contributed by atoms with Crippen molar-refractivity contribution in [2.45, 2.75) is 32.2 Å². The van der Waals surface area contributed by atoms with Crippen LogP contribution in [0.5, 0.6) is 11.5 Å². The van der Waals surface area contributed by atoms with Crippen molar-refractivity contribution in [3.63, 3.8) is 0 Å². The van der Waals surface area contributed by atoms with Crippen molar-refractivity contribution < 1.29 is 19.1 Å². The molecule has 7 nitrogen and oxygen atoms in total. The fourth-order valence-corrected chi connectivity index (χ4v) is 3.95. The average Bonchev–Trinajstić information content (AvgIpc) is 2.79. The average molecular weight is 426 g/mol. The molecule has 2 amide bonds. The molecule has 2 aromatic carbocycles. The van der Waals surface area contributed by atoms with Gasteiger partial charge < -0.3 is 25.0 Å². The van der Waals surface area contributed by atoms with Crippen molar-refractivity contribution in [3.05, 3.63) is 53.6 Å². The van der Waals surface area contributed by atoms with Gasteiger partial charge in [-0.05, 0) is 49.1 Å². The van der Waals surface area contributed by atoms with Gasteiger partial charge in [0.2, 0.25) is 5.91 Å². The Morgan fingerprint density at radius 2 is 1.74 bits per heavy atom. The number of nitrogens with one attached hydrogen (secondary N) is 2. The SMILES string of the molecule is COc1ccc(CCNC(=O)c2ccccc2N2CCC(NC(C)=O)CC2)cc1OC. The van der Waals surface area contributed by atoms with Gasteiger partial charge in [0.05, 0.1) is 19.8 Å². The maximum Gasteiger partial charge on any atom is 0.253 e. The molecule has 2 N–H and O–H groups in total. The lowest BCUT2D eigenvalue weighted by atomic mass is 10.0. The van der Waals surface area contributed by atoms with E-state index < -0.39 is 0 Å². The van der Waals surface area contributed by atoms with E-state index in [1.54, 1.807) is 21.1 Å². The number of rotatable bonds is 8. The van der Waals surface area contributed by atoms with Crippen LogP contribution in [0.2, 0.25) is 0 Å². The van der Waals surface area contributed by atoms with Crippen LogP contribution in [-0.2, 0) is 11.2 Å². The number of anilines is 1. The topological polar surface area (TPSA) is 79.9 Å². The van der Waals surface area contributed by atoms with E-state index in [0.29, 0.717) is 30.0 Å². The van der Waals surface area contributed by atoms with Crippen molar-refractivity contribution in [2.24, 2.45) is 0 Å². The number of methoxy groups -OCH3 is 2. The Labute approximate surface area is 183 Å². The van der Waals surface area contributed by atoms with Gasteiger partial charge in [0.25, 0.3) is 5.91 Å². The third-order valence-electron chi connectivity index (χ3n) is 5.54. The largest absolute Gasteiger partial charge is 0.493 e. The van der Waals surface area contributed by atoms with E-state index >= 15 is 0 Å². The highest BCUT2D eigenvalue weighted by Gasteiger charge is 2.23. The Morgan fingerprint density at radius 3 is 2.42 bits per heavy atom. The molecule has 1 aliphatic rings. The molecule has 1 heterocycles. The fourth-order valence-electron chi connectivity index (χ4n) is 3.95. The van der Waals surface area contributed by atoms with Crippen molar-refractivity contribution >= 4 is 17.5 Å². The monoisotopic (exact) mass is 425 g/mol.